The highest BCUT2D eigenvalue weighted by Crippen LogP contribution is 2.24. The third-order valence-corrected chi connectivity index (χ3v) is 3.54. The normalized spacial score (nSPS) is 13.1. The van der Waals surface area contributed by atoms with E-state index in [0.29, 0.717) is 6.61 Å². The number of aryl methyl sites for hydroxylation is 2. The fraction of sp³-hybridized carbons (Fsp3) is 0.294. The van der Waals surface area contributed by atoms with Crippen LogP contribution in [0.2, 0.25) is 0 Å². The van der Waals surface area contributed by atoms with E-state index in [1.54, 1.807) is 0 Å². The van der Waals surface area contributed by atoms with Crippen LogP contribution >= 0.6 is 0 Å². The van der Waals surface area contributed by atoms with E-state index in [1.165, 1.54) is 36.1 Å². The zero-order valence-corrected chi connectivity index (χ0v) is 11.1. The van der Waals surface area contributed by atoms with Gasteiger partial charge in [0.1, 0.15) is 12.4 Å². The third-order valence-electron chi connectivity index (χ3n) is 3.54. The minimum Gasteiger partial charge on any atom is -0.492 e. The van der Waals surface area contributed by atoms with Crippen LogP contribution in [0.4, 0.5) is 5.69 Å². The molecule has 0 unspecified atom stereocenters. The SMILES string of the molecule is c1ccc(OCCNc2ccc3c(c2)CCC3)cc1. The summed E-state index contributed by atoms with van der Waals surface area (Å²) in [5.41, 5.74) is 4.23. The number of fused-ring (bicyclic) bond motifs is 1. The van der Waals surface area contributed by atoms with Gasteiger partial charge in [0.25, 0.3) is 0 Å². The lowest BCUT2D eigenvalue weighted by Crippen LogP contribution is -2.11. The molecule has 2 aromatic rings. The van der Waals surface area contributed by atoms with Gasteiger partial charge in [-0.25, -0.2) is 0 Å². The lowest BCUT2D eigenvalue weighted by atomic mass is 10.1. The van der Waals surface area contributed by atoms with E-state index in [1.807, 2.05) is 30.3 Å². The summed E-state index contributed by atoms with van der Waals surface area (Å²) < 4.78 is 5.66. The average Bonchev–Trinajstić information content (AvgIpc) is 2.92. The summed E-state index contributed by atoms with van der Waals surface area (Å²) in [6.07, 6.45) is 3.77. The average molecular weight is 253 g/mol. The van der Waals surface area contributed by atoms with Gasteiger partial charge in [0.2, 0.25) is 0 Å². The van der Waals surface area contributed by atoms with Gasteiger partial charge < -0.3 is 10.1 Å². The molecule has 98 valence electrons. The quantitative estimate of drug-likeness (QED) is 0.821. The molecule has 1 aliphatic carbocycles. The molecule has 0 spiro atoms. The van der Waals surface area contributed by atoms with Crippen LogP contribution in [0.3, 0.4) is 0 Å². The molecule has 0 radical (unpaired) electrons. The van der Waals surface area contributed by atoms with Gasteiger partial charge in [-0.2, -0.15) is 0 Å². The molecule has 1 N–H and O–H groups in total. The predicted octanol–water partition coefficient (Wildman–Crippen LogP) is 3.67. The molecule has 1 aliphatic rings. The van der Waals surface area contributed by atoms with Gasteiger partial charge in [0.05, 0.1) is 0 Å². The van der Waals surface area contributed by atoms with Gasteiger partial charge in [-0.15, -0.1) is 0 Å². The molecule has 0 bridgehead atoms. The summed E-state index contributed by atoms with van der Waals surface area (Å²) in [5, 5.41) is 3.42. The van der Waals surface area contributed by atoms with E-state index in [2.05, 4.69) is 23.5 Å². The van der Waals surface area contributed by atoms with Gasteiger partial charge in [-0.3, -0.25) is 0 Å². The van der Waals surface area contributed by atoms with E-state index >= 15 is 0 Å². The zero-order chi connectivity index (χ0) is 12.9. The van der Waals surface area contributed by atoms with Crippen molar-refractivity contribution in [2.75, 3.05) is 18.5 Å². The van der Waals surface area contributed by atoms with E-state index in [0.717, 1.165) is 12.3 Å². The first-order valence-electron chi connectivity index (χ1n) is 6.95. The highest BCUT2D eigenvalue weighted by molar-refractivity contribution is 5.50. The number of benzene rings is 2. The Bertz CT molecular complexity index is 536. The van der Waals surface area contributed by atoms with Gasteiger partial charge in [-0.05, 0) is 54.7 Å². The molecule has 19 heavy (non-hydrogen) atoms. The number of anilines is 1. The predicted molar refractivity (Wildman–Crippen MR) is 78.9 cm³/mol. The Morgan fingerprint density at radius 2 is 1.79 bits per heavy atom. The minimum absolute atomic E-state index is 0.682. The first-order chi connectivity index (χ1) is 9.42. The Kier molecular flexibility index (Phi) is 3.68. The van der Waals surface area contributed by atoms with Crippen LogP contribution in [0.5, 0.6) is 5.75 Å². The molecule has 0 aromatic heterocycles. The van der Waals surface area contributed by atoms with Crippen LogP contribution in [0, 0.1) is 0 Å². The van der Waals surface area contributed by atoms with Crippen molar-refractivity contribution in [3.63, 3.8) is 0 Å². The molecule has 0 fully saturated rings. The second kappa shape index (κ2) is 5.79. The van der Waals surface area contributed by atoms with E-state index < -0.39 is 0 Å². The maximum atomic E-state index is 5.66. The molecule has 0 heterocycles. The zero-order valence-electron chi connectivity index (χ0n) is 11.1. The van der Waals surface area contributed by atoms with Crippen LogP contribution in [0.15, 0.2) is 48.5 Å². The van der Waals surface area contributed by atoms with E-state index in [4.69, 9.17) is 4.74 Å². The van der Waals surface area contributed by atoms with Crippen LogP contribution in [0.1, 0.15) is 17.5 Å². The number of hydrogen-bond acceptors (Lipinski definition) is 2. The molecule has 0 saturated carbocycles. The van der Waals surface area contributed by atoms with E-state index in [9.17, 15) is 0 Å². The molecule has 0 atom stereocenters. The minimum atomic E-state index is 0.682. The van der Waals surface area contributed by atoms with Crippen molar-refractivity contribution in [2.45, 2.75) is 19.3 Å². The molecule has 2 nitrogen and oxygen atoms in total. The van der Waals surface area contributed by atoms with Gasteiger partial charge in [-0.1, -0.05) is 24.3 Å². The number of rotatable bonds is 5. The standard InChI is InChI=1S/C17H19NO/c1-2-7-17(8-3-1)19-12-11-18-16-10-9-14-5-4-6-15(14)13-16/h1-3,7-10,13,18H,4-6,11-12H2. The summed E-state index contributed by atoms with van der Waals surface area (Å²) in [4.78, 5) is 0. The smallest absolute Gasteiger partial charge is 0.119 e. The van der Waals surface area contributed by atoms with Crippen molar-refractivity contribution < 1.29 is 4.74 Å². The molecule has 2 heteroatoms. The van der Waals surface area contributed by atoms with Crippen molar-refractivity contribution in [1.82, 2.24) is 0 Å². The van der Waals surface area contributed by atoms with Crippen molar-refractivity contribution in [3.05, 3.63) is 59.7 Å². The molecule has 0 amide bonds. The lowest BCUT2D eigenvalue weighted by Gasteiger charge is -2.10. The second-order valence-electron chi connectivity index (χ2n) is 4.93. The summed E-state index contributed by atoms with van der Waals surface area (Å²) in [6.45, 7) is 1.51. The monoisotopic (exact) mass is 253 g/mol. The van der Waals surface area contributed by atoms with Crippen molar-refractivity contribution in [2.24, 2.45) is 0 Å². The Morgan fingerprint density at radius 1 is 0.947 bits per heavy atom. The molecular weight excluding hydrogens is 234 g/mol. The van der Waals surface area contributed by atoms with Crippen molar-refractivity contribution >= 4 is 5.69 Å². The van der Waals surface area contributed by atoms with Gasteiger partial charge in [0.15, 0.2) is 0 Å². The molecular formula is C17H19NO. The number of hydrogen-bond donors (Lipinski definition) is 1. The van der Waals surface area contributed by atoms with Crippen LogP contribution in [-0.4, -0.2) is 13.2 Å². The lowest BCUT2D eigenvalue weighted by molar-refractivity contribution is 0.333. The molecule has 0 saturated heterocycles. The summed E-state index contributed by atoms with van der Waals surface area (Å²) in [7, 11) is 0. The van der Waals surface area contributed by atoms with Crippen LogP contribution in [-0.2, 0) is 12.8 Å². The molecule has 0 aliphatic heterocycles. The summed E-state index contributed by atoms with van der Waals surface area (Å²) in [6, 6.07) is 16.6. The second-order valence-corrected chi connectivity index (χ2v) is 4.93. The summed E-state index contributed by atoms with van der Waals surface area (Å²) in [5.74, 6) is 0.929. The number of para-hydroxylation sites is 1. The third kappa shape index (κ3) is 3.08. The van der Waals surface area contributed by atoms with Crippen molar-refractivity contribution in [3.8, 4) is 5.75 Å². The number of nitrogens with one attached hydrogen (secondary N) is 1. The fourth-order valence-corrected chi connectivity index (χ4v) is 2.56. The number of ether oxygens (including phenoxy) is 1. The van der Waals surface area contributed by atoms with E-state index in [-0.39, 0.29) is 0 Å². The summed E-state index contributed by atoms with van der Waals surface area (Å²) >= 11 is 0. The maximum absolute atomic E-state index is 5.66. The van der Waals surface area contributed by atoms with Crippen molar-refractivity contribution in [1.29, 1.82) is 0 Å². The molecule has 2 aromatic carbocycles. The first kappa shape index (κ1) is 12.1. The van der Waals surface area contributed by atoms with Gasteiger partial charge in [0, 0.05) is 12.2 Å². The largest absolute Gasteiger partial charge is 0.492 e. The Hall–Kier alpha value is -1.96. The fourth-order valence-electron chi connectivity index (χ4n) is 2.56. The van der Waals surface area contributed by atoms with Crippen LogP contribution < -0.4 is 10.1 Å². The highest BCUT2D eigenvalue weighted by atomic mass is 16.5. The first-order valence-corrected chi connectivity index (χ1v) is 6.95. The Balaban J connectivity index is 1.48. The molecule has 3 rings (SSSR count). The van der Waals surface area contributed by atoms with Gasteiger partial charge >= 0.3 is 0 Å². The maximum Gasteiger partial charge on any atom is 0.119 e. The van der Waals surface area contributed by atoms with Crippen LogP contribution in [0.25, 0.3) is 0 Å². The highest BCUT2D eigenvalue weighted by Gasteiger charge is 2.10. The Labute approximate surface area is 114 Å². The topological polar surface area (TPSA) is 21.3 Å². The Morgan fingerprint density at radius 3 is 2.68 bits per heavy atom.